The molecule has 23 heavy (non-hydrogen) atoms. The van der Waals surface area contributed by atoms with E-state index in [1.165, 1.54) is 6.42 Å². The maximum absolute atomic E-state index is 6.26. The van der Waals surface area contributed by atoms with Crippen molar-refractivity contribution in [1.82, 2.24) is 0 Å². The molecule has 1 aliphatic carbocycles. The molecule has 0 amide bonds. The Morgan fingerprint density at radius 3 is 2.74 bits per heavy atom. The number of rotatable bonds is 3. The van der Waals surface area contributed by atoms with Crippen molar-refractivity contribution in [1.29, 1.82) is 0 Å². The van der Waals surface area contributed by atoms with Gasteiger partial charge in [0.2, 0.25) is 5.79 Å². The van der Waals surface area contributed by atoms with Gasteiger partial charge in [0.05, 0.1) is 6.61 Å². The smallest absolute Gasteiger partial charge is 0.201 e. The molecule has 0 aromatic carbocycles. The van der Waals surface area contributed by atoms with E-state index < -0.39 is 17.7 Å². The number of ether oxygens (including phenoxy) is 3. The topological polar surface area (TPSA) is 72.2 Å². The highest BCUT2D eigenvalue weighted by molar-refractivity contribution is 5.09. The summed E-state index contributed by atoms with van der Waals surface area (Å²) in [5.41, 5.74) is 5.09. The van der Waals surface area contributed by atoms with Crippen molar-refractivity contribution < 1.29 is 24.0 Å². The Labute approximate surface area is 137 Å². The van der Waals surface area contributed by atoms with Crippen LogP contribution in [0.4, 0.5) is 0 Å². The average Bonchev–Trinajstić information content (AvgIpc) is 2.76. The van der Waals surface area contributed by atoms with E-state index in [0.717, 1.165) is 19.3 Å². The lowest BCUT2D eigenvalue weighted by Crippen LogP contribution is -2.70. The van der Waals surface area contributed by atoms with Crippen molar-refractivity contribution in [2.24, 2.45) is 29.4 Å². The van der Waals surface area contributed by atoms with Crippen molar-refractivity contribution in [3.63, 3.8) is 0 Å². The monoisotopic (exact) mass is 327 g/mol. The molecule has 8 atom stereocenters. The summed E-state index contributed by atoms with van der Waals surface area (Å²) in [6, 6.07) is 0. The van der Waals surface area contributed by atoms with Crippen molar-refractivity contribution in [2.45, 2.75) is 70.4 Å². The summed E-state index contributed by atoms with van der Waals surface area (Å²) in [6.45, 7) is 7.43. The van der Waals surface area contributed by atoms with Gasteiger partial charge in [0.15, 0.2) is 18.2 Å². The van der Waals surface area contributed by atoms with Crippen LogP contribution in [0.15, 0.2) is 0 Å². The molecule has 4 aliphatic heterocycles. The van der Waals surface area contributed by atoms with Crippen LogP contribution in [-0.4, -0.2) is 37.1 Å². The zero-order chi connectivity index (χ0) is 16.2. The van der Waals surface area contributed by atoms with Crippen LogP contribution in [0.5, 0.6) is 0 Å². The van der Waals surface area contributed by atoms with Gasteiger partial charge in [-0.1, -0.05) is 13.8 Å². The van der Waals surface area contributed by atoms with Gasteiger partial charge in [-0.15, -0.1) is 0 Å². The molecule has 6 nitrogen and oxygen atoms in total. The summed E-state index contributed by atoms with van der Waals surface area (Å²) in [5.74, 6) is 0.791. The molecule has 0 aromatic heterocycles. The molecule has 0 radical (unpaired) electrons. The van der Waals surface area contributed by atoms with E-state index in [1.807, 2.05) is 6.92 Å². The van der Waals surface area contributed by atoms with Gasteiger partial charge in [0.25, 0.3) is 0 Å². The van der Waals surface area contributed by atoms with Crippen LogP contribution in [0, 0.1) is 23.7 Å². The van der Waals surface area contributed by atoms with Crippen LogP contribution < -0.4 is 5.73 Å². The zero-order valence-electron chi connectivity index (χ0n) is 14.3. The summed E-state index contributed by atoms with van der Waals surface area (Å²) in [7, 11) is 0. The fourth-order valence-electron chi connectivity index (χ4n) is 5.25. The lowest BCUT2D eigenvalue weighted by atomic mass is 9.58. The second-order valence-corrected chi connectivity index (χ2v) is 7.93. The van der Waals surface area contributed by atoms with Crippen LogP contribution in [0.25, 0.3) is 0 Å². The van der Waals surface area contributed by atoms with Crippen LogP contribution >= 0.6 is 0 Å². The number of nitrogens with two attached hydrogens (primary N) is 1. The quantitative estimate of drug-likeness (QED) is 0.801. The van der Waals surface area contributed by atoms with Gasteiger partial charge in [-0.25, -0.2) is 9.78 Å². The van der Waals surface area contributed by atoms with Crippen LogP contribution in [0.2, 0.25) is 0 Å². The molecule has 2 unspecified atom stereocenters. The molecule has 5 rings (SSSR count). The predicted octanol–water partition coefficient (Wildman–Crippen LogP) is 2.17. The highest BCUT2D eigenvalue weighted by Gasteiger charge is 2.69. The molecule has 5 aliphatic rings. The van der Waals surface area contributed by atoms with Gasteiger partial charge in [0.1, 0.15) is 0 Å². The largest absolute Gasteiger partial charge is 0.351 e. The molecule has 1 spiro atoms. The SMILES string of the molecule is C[C@@H]1CCC2[C@@H](C)[C@@H](OCCN)O[C@H]3O[C@@]4(C)CCC1[C@@]23OO4. The highest BCUT2D eigenvalue weighted by atomic mass is 17.3. The minimum atomic E-state index is -0.726. The maximum atomic E-state index is 6.26. The molecule has 2 N–H and O–H groups in total. The molecular weight excluding hydrogens is 298 g/mol. The van der Waals surface area contributed by atoms with Crippen LogP contribution in [0.3, 0.4) is 0 Å². The van der Waals surface area contributed by atoms with E-state index in [0.29, 0.717) is 30.9 Å². The first-order valence-corrected chi connectivity index (χ1v) is 9.02. The van der Waals surface area contributed by atoms with E-state index >= 15 is 0 Å². The van der Waals surface area contributed by atoms with Crippen molar-refractivity contribution in [2.75, 3.05) is 13.2 Å². The molecule has 4 saturated heterocycles. The Bertz CT molecular complexity index is 462. The highest BCUT2D eigenvalue weighted by Crippen LogP contribution is 2.60. The molecule has 5 fully saturated rings. The number of fused-ring (bicyclic) bond motifs is 2. The van der Waals surface area contributed by atoms with Gasteiger partial charge < -0.3 is 19.9 Å². The van der Waals surface area contributed by atoms with Crippen molar-refractivity contribution in [3.8, 4) is 0 Å². The fourth-order valence-corrected chi connectivity index (χ4v) is 5.25. The first kappa shape index (κ1) is 16.2. The minimum Gasteiger partial charge on any atom is -0.351 e. The van der Waals surface area contributed by atoms with Crippen LogP contribution in [-0.2, 0) is 24.0 Å². The van der Waals surface area contributed by atoms with E-state index in [9.17, 15) is 0 Å². The van der Waals surface area contributed by atoms with Crippen molar-refractivity contribution >= 4 is 0 Å². The van der Waals surface area contributed by atoms with Crippen molar-refractivity contribution in [3.05, 3.63) is 0 Å². The summed E-state index contributed by atoms with van der Waals surface area (Å²) in [6.07, 6.45) is 3.46. The standard InChI is InChI=1S/C17H29NO5/c1-10-4-5-13-11(2)14(19-9-8-18)20-15-17(13)12(10)6-7-16(3,21-15)22-23-17/h10-15H,4-9,18H2,1-3H3/t10-,11-,12?,13?,14+,15+,16-,17-/m1/s1. The predicted molar refractivity (Wildman–Crippen MR) is 81.8 cm³/mol. The summed E-state index contributed by atoms with van der Waals surface area (Å²) in [4.78, 5) is 11.9. The Morgan fingerprint density at radius 1 is 1.13 bits per heavy atom. The fraction of sp³-hybridized carbons (Fsp3) is 1.00. The molecule has 1 saturated carbocycles. The second-order valence-electron chi connectivity index (χ2n) is 7.93. The Kier molecular flexibility index (Phi) is 3.99. The Hall–Kier alpha value is -0.240. The Morgan fingerprint density at radius 2 is 1.96 bits per heavy atom. The average molecular weight is 327 g/mol. The maximum Gasteiger partial charge on any atom is 0.201 e. The first-order valence-electron chi connectivity index (χ1n) is 9.02. The normalized spacial score (nSPS) is 55.3. The van der Waals surface area contributed by atoms with Gasteiger partial charge in [-0.2, -0.15) is 0 Å². The third kappa shape index (κ3) is 2.30. The zero-order valence-corrected chi connectivity index (χ0v) is 14.3. The van der Waals surface area contributed by atoms with Crippen LogP contribution in [0.1, 0.15) is 46.5 Å². The molecular formula is C17H29NO5. The third-order valence-electron chi connectivity index (χ3n) is 6.50. The lowest BCUT2D eigenvalue weighted by Gasteiger charge is -2.60. The molecule has 4 heterocycles. The van der Waals surface area contributed by atoms with E-state index in [-0.39, 0.29) is 12.2 Å². The van der Waals surface area contributed by atoms with Gasteiger partial charge in [-0.3, -0.25) is 0 Å². The van der Waals surface area contributed by atoms with E-state index in [4.69, 9.17) is 29.7 Å². The van der Waals surface area contributed by atoms with Gasteiger partial charge >= 0.3 is 0 Å². The molecule has 6 heteroatoms. The minimum absolute atomic E-state index is 0.224. The first-order chi connectivity index (χ1) is 11.0. The molecule has 132 valence electrons. The third-order valence-corrected chi connectivity index (χ3v) is 6.50. The number of hydrogen-bond acceptors (Lipinski definition) is 6. The summed E-state index contributed by atoms with van der Waals surface area (Å²) >= 11 is 0. The lowest BCUT2D eigenvalue weighted by molar-refractivity contribution is -0.577. The van der Waals surface area contributed by atoms with E-state index in [2.05, 4.69) is 13.8 Å². The number of hydrogen-bond donors (Lipinski definition) is 1. The molecule has 2 bridgehead atoms. The van der Waals surface area contributed by atoms with Gasteiger partial charge in [0, 0.05) is 24.8 Å². The van der Waals surface area contributed by atoms with Gasteiger partial charge in [-0.05, 0) is 38.0 Å². The van der Waals surface area contributed by atoms with E-state index in [1.54, 1.807) is 0 Å². The summed E-state index contributed by atoms with van der Waals surface area (Å²) < 4.78 is 18.4. The Balaban J connectivity index is 1.70. The second kappa shape index (κ2) is 5.64. The summed E-state index contributed by atoms with van der Waals surface area (Å²) in [5, 5.41) is 0. The molecule has 0 aromatic rings.